The van der Waals surface area contributed by atoms with Crippen molar-refractivity contribution in [3.8, 4) is 0 Å². The predicted octanol–water partition coefficient (Wildman–Crippen LogP) is 0.758. The average molecular weight is 185 g/mol. The first-order valence-electron chi connectivity index (χ1n) is 2.52. The highest BCUT2D eigenvalue weighted by Gasteiger charge is 2.01. The zero-order chi connectivity index (χ0) is 8.20. The van der Waals surface area contributed by atoms with Crippen LogP contribution in [0, 0.1) is 0 Å². The van der Waals surface area contributed by atoms with Crippen LogP contribution in [0.1, 0.15) is 0 Å². The molecule has 0 aromatic rings. The highest BCUT2D eigenvalue weighted by molar-refractivity contribution is 7.85. The summed E-state index contributed by atoms with van der Waals surface area (Å²) in [5.74, 6) is 0.218. The van der Waals surface area contributed by atoms with Gasteiger partial charge in [-0.1, -0.05) is 6.58 Å². The predicted molar refractivity (Wildman–Crippen MR) is 40.7 cm³/mol. The fraction of sp³-hybridized carbons (Fsp3) is 0.600. The van der Waals surface area contributed by atoms with Gasteiger partial charge in [-0.15, -0.1) is 11.6 Å². The van der Waals surface area contributed by atoms with Crippen LogP contribution < -0.4 is 0 Å². The van der Waals surface area contributed by atoms with Gasteiger partial charge in [0.2, 0.25) is 0 Å². The summed E-state index contributed by atoms with van der Waals surface area (Å²) in [5, 5.41) is 0. The molecule has 3 nitrogen and oxygen atoms in total. The maximum atomic E-state index is 10.3. The Bertz CT molecular complexity index is 207. The number of rotatable bonds is 4. The lowest BCUT2D eigenvalue weighted by Gasteiger charge is -1.99. The van der Waals surface area contributed by atoms with Crippen molar-refractivity contribution in [2.75, 3.05) is 18.7 Å². The molecule has 60 valence electrons. The van der Waals surface area contributed by atoms with E-state index in [0.29, 0.717) is 5.57 Å². The molecule has 0 unspecified atom stereocenters. The Morgan fingerprint density at radius 3 is 2.50 bits per heavy atom. The van der Waals surface area contributed by atoms with Crippen LogP contribution in [-0.4, -0.2) is 27.2 Å². The number of hydrogen-bond acceptors (Lipinski definition) is 3. The SMILES string of the molecule is C=C(CCl)COS(C)(=O)=O. The molecule has 0 rings (SSSR count). The van der Waals surface area contributed by atoms with E-state index in [-0.39, 0.29) is 12.5 Å². The monoisotopic (exact) mass is 184 g/mol. The van der Waals surface area contributed by atoms with E-state index in [1.165, 1.54) is 0 Å². The maximum absolute atomic E-state index is 10.3. The van der Waals surface area contributed by atoms with Crippen molar-refractivity contribution < 1.29 is 12.6 Å². The van der Waals surface area contributed by atoms with Gasteiger partial charge in [0.1, 0.15) is 0 Å². The molecule has 0 bridgehead atoms. The third-order valence-corrected chi connectivity index (χ3v) is 1.59. The van der Waals surface area contributed by atoms with E-state index in [0.717, 1.165) is 6.26 Å². The van der Waals surface area contributed by atoms with Crippen molar-refractivity contribution in [1.29, 1.82) is 0 Å². The Hall–Kier alpha value is -0.0600. The summed E-state index contributed by atoms with van der Waals surface area (Å²) in [6.07, 6.45) is 0.981. The summed E-state index contributed by atoms with van der Waals surface area (Å²) in [4.78, 5) is 0. The van der Waals surface area contributed by atoms with Crippen molar-refractivity contribution in [3.05, 3.63) is 12.2 Å². The first kappa shape index (κ1) is 9.94. The second kappa shape index (κ2) is 3.95. The van der Waals surface area contributed by atoms with Gasteiger partial charge in [-0.3, -0.25) is 4.18 Å². The molecule has 0 fully saturated rings. The van der Waals surface area contributed by atoms with Gasteiger partial charge >= 0.3 is 0 Å². The van der Waals surface area contributed by atoms with Crippen molar-refractivity contribution in [3.63, 3.8) is 0 Å². The van der Waals surface area contributed by atoms with E-state index < -0.39 is 10.1 Å². The Morgan fingerprint density at radius 1 is 1.70 bits per heavy atom. The molecule has 10 heavy (non-hydrogen) atoms. The summed E-state index contributed by atoms with van der Waals surface area (Å²) in [5.41, 5.74) is 0.548. The molecule has 5 heteroatoms. The normalized spacial score (nSPS) is 11.4. The molecule has 0 atom stereocenters. The minimum atomic E-state index is -3.35. The lowest BCUT2D eigenvalue weighted by molar-refractivity contribution is 0.353. The molecule has 0 radical (unpaired) electrons. The zero-order valence-electron chi connectivity index (χ0n) is 5.63. The molecule has 0 amide bonds. The Balaban J connectivity index is 3.67. The minimum Gasteiger partial charge on any atom is -0.266 e. The number of hydrogen-bond donors (Lipinski definition) is 0. The summed E-state index contributed by atoms with van der Waals surface area (Å²) in [6.45, 7) is 3.43. The molecule has 0 saturated carbocycles. The van der Waals surface area contributed by atoms with Gasteiger partial charge in [0.15, 0.2) is 0 Å². The van der Waals surface area contributed by atoms with Gasteiger partial charge in [0, 0.05) is 5.88 Å². The largest absolute Gasteiger partial charge is 0.266 e. The third-order valence-electron chi connectivity index (χ3n) is 0.666. The number of halogens is 1. The minimum absolute atomic E-state index is 0.0255. The highest BCUT2D eigenvalue weighted by atomic mass is 35.5. The molecule has 0 aliphatic rings. The lowest BCUT2D eigenvalue weighted by atomic mass is 10.4. The van der Waals surface area contributed by atoms with Crippen LogP contribution in [0.25, 0.3) is 0 Å². The third kappa shape index (κ3) is 6.07. The fourth-order valence-corrected chi connectivity index (χ4v) is 0.687. The highest BCUT2D eigenvalue weighted by Crippen LogP contribution is 1.97. The summed E-state index contributed by atoms with van der Waals surface area (Å²) in [7, 11) is -3.35. The smallest absolute Gasteiger partial charge is 0.264 e. The van der Waals surface area contributed by atoms with Crippen molar-refractivity contribution in [2.45, 2.75) is 0 Å². The second-order valence-electron chi connectivity index (χ2n) is 1.85. The second-order valence-corrected chi connectivity index (χ2v) is 3.76. The van der Waals surface area contributed by atoms with Crippen LogP contribution in [0.15, 0.2) is 12.2 Å². The molecule has 0 aromatic carbocycles. The van der Waals surface area contributed by atoms with Gasteiger partial charge in [-0.25, -0.2) is 0 Å². The molecule has 0 saturated heterocycles. The van der Waals surface area contributed by atoms with Gasteiger partial charge in [-0.05, 0) is 5.57 Å². The van der Waals surface area contributed by atoms with Crippen molar-refractivity contribution in [1.82, 2.24) is 0 Å². The Labute approximate surface area is 65.8 Å². The van der Waals surface area contributed by atoms with E-state index in [2.05, 4.69) is 10.8 Å². The summed E-state index contributed by atoms with van der Waals surface area (Å²) < 4.78 is 25.1. The quantitative estimate of drug-likeness (QED) is 0.368. The Morgan fingerprint density at radius 2 is 2.20 bits per heavy atom. The number of alkyl halides is 1. The Kier molecular flexibility index (Phi) is 3.93. The van der Waals surface area contributed by atoms with E-state index in [4.69, 9.17) is 11.6 Å². The molecule has 0 spiro atoms. The summed E-state index contributed by atoms with van der Waals surface area (Å²) in [6, 6.07) is 0. The lowest BCUT2D eigenvalue weighted by Crippen LogP contribution is -2.05. The van der Waals surface area contributed by atoms with E-state index >= 15 is 0 Å². The molecule has 0 aliphatic heterocycles. The van der Waals surface area contributed by atoms with E-state index in [9.17, 15) is 8.42 Å². The zero-order valence-corrected chi connectivity index (χ0v) is 7.20. The van der Waals surface area contributed by atoms with Crippen molar-refractivity contribution >= 4 is 21.7 Å². The van der Waals surface area contributed by atoms with E-state index in [1.807, 2.05) is 0 Å². The van der Waals surface area contributed by atoms with Crippen molar-refractivity contribution in [2.24, 2.45) is 0 Å². The van der Waals surface area contributed by atoms with Crippen LogP contribution in [0.5, 0.6) is 0 Å². The maximum Gasteiger partial charge on any atom is 0.264 e. The molecular weight excluding hydrogens is 176 g/mol. The summed E-state index contributed by atoms with van der Waals surface area (Å²) >= 11 is 5.31. The molecule has 0 N–H and O–H groups in total. The molecule has 0 aliphatic carbocycles. The average Bonchev–Trinajstić information content (AvgIpc) is 1.81. The molecule has 0 heterocycles. The first-order chi connectivity index (χ1) is 4.45. The van der Waals surface area contributed by atoms with Crippen LogP contribution in [0.3, 0.4) is 0 Å². The van der Waals surface area contributed by atoms with Gasteiger partial charge < -0.3 is 0 Å². The molecular formula is C5H9ClO3S. The van der Waals surface area contributed by atoms with Gasteiger partial charge in [-0.2, -0.15) is 8.42 Å². The first-order valence-corrected chi connectivity index (χ1v) is 4.88. The standard InChI is InChI=1S/C5H9ClO3S/c1-5(3-6)4-9-10(2,7)8/h1,3-4H2,2H3. The van der Waals surface area contributed by atoms with Gasteiger partial charge in [0.25, 0.3) is 10.1 Å². The van der Waals surface area contributed by atoms with Crippen LogP contribution in [0.2, 0.25) is 0 Å². The van der Waals surface area contributed by atoms with E-state index in [1.54, 1.807) is 0 Å². The van der Waals surface area contributed by atoms with Crippen LogP contribution in [0.4, 0.5) is 0 Å². The topological polar surface area (TPSA) is 43.4 Å². The van der Waals surface area contributed by atoms with Gasteiger partial charge in [0.05, 0.1) is 12.9 Å². The van der Waals surface area contributed by atoms with Crippen LogP contribution >= 0.6 is 11.6 Å². The van der Waals surface area contributed by atoms with Crippen LogP contribution in [-0.2, 0) is 14.3 Å². The fourth-order valence-electron chi connectivity index (χ4n) is 0.229. The molecule has 0 aromatic heterocycles.